The van der Waals surface area contributed by atoms with Gasteiger partial charge >= 0.3 is 0 Å². The van der Waals surface area contributed by atoms with Crippen LogP contribution in [0, 0.1) is 5.92 Å². The molecule has 0 radical (unpaired) electrons. The standard InChI is InChI=1S/C18H33N5O3/c1-4-10-21-11-14(19)23-15(16(24)18(26)20-3)17(25)22-12(2)13-8-6-5-7-9-13/h10,12-14,23-24H,4-9,11,19H2,1-3H3,(H,20,26)(H,22,25)/t12-,14?/m1/s1. The molecule has 0 aromatic carbocycles. The van der Waals surface area contributed by atoms with E-state index < -0.39 is 23.7 Å². The van der Waals surface area contributed by atoms with Crippen LogP contribution < -0.4 is 21.7 Å². The molecule has 1 aliphatic carbocycles. The summed E-state index contributed by atoms with van der Waals surface area (Å²) in [7, 11) is 1.38. The third kappa shape index (κ3) is 7.03. The van der Waals surface area contributed by atoms with Crippen molar-refractivity contribution in [3.63, 3.8) is 0 Å². The largest absolute Gasteiger partial charge is 0.501 e. The van der Waals surface area contributed by atoms with Crippen molar-refractivity contribution in [3.8, 4) is 0 Å². The number of likely N-dealkylation sites (N-methyl/N-ethyl adjacent to an activating group) is 1. The number of carbonyl (C=O) groups is 2. The Labute approximate surface area is 155 Å². The Bertz CT molecular complexity index is 527. The minimum Gasteiger partial charge on any atom is -0.501 e. The van der Waals surface area contributed by atoms with E-state index in [1.54, 1.807) is 6.21 Å². The molecule has 0 spiro atoms. The molecule has 6 N–H and O–H groups in total. The average molecular weight is 367 g/mol. The molecule has 26 heavy (non-hydrogen) atoms. The smallest absolute Gasteiger partial charge is 0.288 e. The van der Waals surface area contributed by atoms with Gasteiger partial charge in [-0.1, -0.05) is 26.2 Å². The number of rotatable bonds is 9. The number of aliphatic hydroxyl groups excluding tert-OH is 1. The van der Waals surface area contributed by atoms with Gasteiger partial charge in [-0.05, 0) is 38.3 Å². The van der Waals surface area contributed by atoms with Crippen LogP contribution in [0.4, 0.5) is 0 Å². The Morgan fingerprint density at radius 1 is 1.23 bits per heavy atom. The maximum Gasteiger partial charge on any atom is 0.288 e. The molecule has 148 valence electrons. The van der Waals surface area contributed by atoms with E-state index in [-0.39, 0.29) is 18.3 Å². The number of amides is 2. The fourth-order valence-corrected chi connectivity index (χ4v) is 3.05. The van der Waals surface area contributed by atoms with Crippen LogP contribution >= 0.6 is 0 Å². The molecule has 1 saturated carbocycles. The highest BCUT2D eigenvalue weighted by Crippen LogP contribution is 2.26. The summed E-state index contributed by atoms with van der Waals surface area (Å²) in [4.78, 5) is 28.5. The Balaban J connectivity index is 2.84. The second kappa shape index (κ2) is 11.5. The molecule has 1 aliphatic rings. The zero-order chi connectivity index (χ0) is 19.5. The monoisotopic (exact) mass is 367 g/mol. The highest BCUT2D eigenvalue weighted by atomic mass is 16.3. The van der Waals surface area contributed by atoms with E-state index in [0.717, 1.165) is 32.1 Å². The number of aliphatic hydroxyl groups is 1. The molecular formula is C18H33N5O3. The number of nitrogens with one attached hydrogen (secondary N) is 3. The van der Waals surface area contributed by atoms with Gasteiger partial charge in [0.15, 0.2) is 0 Å². The van der Waals surface area contributed by atoms with Crippen molar-refractivity contribution in [2.75, 3.05) is 13.6 Å². The summed E-state index contributed by atoms with van der Waals surface area (Å²) in [6.45, 7) is 4.13. The lowest BCUT2D eigenvalue weighted by molar-refractivity contribution is -0.122. The molecule has 8 nitrogen and oxygen atoms in total. The number of aliphatic imine (C=N–C) groups is 1. The molecule has 1 rings (SSSR count). The fourth-order valence-electron chi connectivity index (χ4n) is 3.05. The minimum absolute atomic E-state index is 0.0496. The van der Waals surface area contributed by atoms with Gasteiger partial charge in [-0.25, -0.2) is 0 Å². The van der Waals surface area contributed by atoms with Gasteiger partial charge in [0.1, 0.15) is 5.70 Å². The maximum atomic E-state index is 12.7. The van der Waals surface area contributed by atoms with Crippen molar-refractivity contribution in [2.24, 2.45) is 16.6 Å². The Kier molecular flexibility index (Phi) is 9.72. The van der Waals surface area contributed by atoms with Crippen LogP contribution in [0.2, 0.25) is 0 Å². The first-order chi connectivity index (χ1) is 12.4. The first kappa shape index (κ1) is 22.0. The molecule has 0 aliphatic heterocycles. The molecule has 2 amide bonds. The van der Waals surface area contributed by atoms with Crippen molar-refractivity contribution < 1.29 is 14.7 Å². The van der Waals surface area contributed by atoms with Crippen LogP contribution in [-0.4, -0.2) is 48.9 Å². The van der Waals surface area contributed by atoms with Crippen molar-refractivity contribution >= 4 is 18.0 Å². The Morgan fingerprint density at radius 3 is 2.46 bits per heavy atom. The Morgan fingerprint density at radius 2 is 1.88 bits per heavy atom. The summed E-state index contributed by atoms with van der Waals surface area (Å²) in [5.74, 6) is -1.58. The van der Waals surface area contributed by atoms with Gasteiger partial charge in [0, 0.05) is 13.1 Å². The Hall–Kier alpha value is -2.09. The quantitative estimate of drug-likeness (QED) is 0.179. The van der Waals surface area contributed by atoms with Gasteiger partial charge in [0.25, 0.3) is 11.8 Å². The SMILES string of the molecule is CCC=NCC(N)NC(C(=O)N[C@H](C)C1CCCCC1)=C(O)C(=O)NC. The van der Waals surface area contributed by atoms with E-state index in [2.05, 4.69) is 20.9 Å². The molecule has 0 bridgehead atoms. The van der Waals surface area contributed by atoms with Crippen LogP contribution in [0.25, 0.3) is 0 Å². The predicted molar refractivity (Wildman–Crippen MR) is 103 cm³/mol. The normalized spacial score (nSPS) is 18.8. The zero-order valence-electron chi connectivity index (χ0n) is 16.0. The topological polar surface area (TPSA) is 129 Å². The molecule has 1 fully saturated rings. The summed E-state index contributed by atoms with van der Waals surface area (Å²) >= 11 is 0. The van der Waals surface area contributed by atoms with Gasteiger partial charge < -0.3 is 26.8 Å². The fraction of sp³-hybridized carbons (Fsp3) is 0.722. The number of hydrogen-bond donors (Lipinski definition) is 5. The number of nitrogens with zero attached hydrogens (tertiary/aromatic N) is 1. The third-order valence-electron chi connectivity index (χ3n) is 4.57. The van der Waals surface area contributed by atoms with Gasteiger partial charge in [-0.15, -0.1) is 0 Å². The summed E-state index contributed by atoms with van der Waals surface area (Å²) in [6, 6.07) is -0.0496. The van der Waals surface area contributed by atoms with Crippen LogP contribution in [0.3, 0.4) is 0 Å². The highest BCUT2D eigenvalue weighted by Gasteiger charge is 2.26. The average Bonchev–Trinajstić information content (AvgIpc) is 2.65. The van der Waals surface area contributed by atoms with E-state index in [1.165, 1.54) is 13.5 Å². The van der Waals surface area contributed by atoms with Crippen LogP contribution in [-0.2, 0) is 9.59 Å². The first-order valence-electron chi connectivity index (χ1n) is 9.37. The maximum absolute atomic E-state index is 12.7. The van der Waals surface area contributed by atoms with E-state index in [0.29, 0.717) is 5.92 Å². The second-order valence-electron chi connectivity index (χ2n) is 6.67. The molecule has 0 aromatic heterocycles. The van der Waals surface area contributed by atoms with Crippen molar-refractivity contribution in [1.82, 2.24) is 16.0 Å². The van der Waals surface area contributed by atoms with Gasteiger partial charge in [-0.3, -0.25) is 14.6 Å². The summed E-state index contributed by atoms with van der Waals surface area (Å²) in [5.41, 5.74) is 5.69. The van der Waals surface area contributed by atoms with Gasteiger partial charge in [-0.2, -0.15) is 0 Å². The first-order valence-corrected chi connectivity index (χ1v) is 9.37. The van der Waals surface area contributed by atoms with E-state index in [1.807, 2.05) is 13.8 Å². The number of nitrogens with two attached hydrogens (primary N) is 1. The molecule has 0 heterocycles. The summed E-state index contributed by atoms with van der Waals surface area (Å²) < 4.78 is 0. The van der Waals surface area contributed by atoms with E-state index in [9.17, 15) is 14.7 Å². The molecule has 0 saturated heterocycles. The molecule has 2 atom stereocenters. The molecule has 1 unspecified atom stereocenters. The number of carbonyl (C=O) groups excluding carboxylic acids is 2. The van der Waals surface area contributed by atoms with E-state index >= 15 is 0 Å². The summed E-state index contributed by atoms with van der Waals surface area (Å²) in [5, 5.41) is 18.1. The van der Waals surface area contributed by atoms with Crippen molar-refractivity contribution in [2.45, 2.75) is 64.6 Å². The number of hydrogen-bond acceptors (Lipinski definition) is 6. The van der Waals surface area contributed by atoms with Crippen molar-refractivity contribution in [3.05, 3.63) is 11.5 Å². The van der Waals surface area contributed by atoms with Crippen LogP contribution in [0.1, 0.15) is 52.4 Å². The second-order valence-corrected chi connectivity index (χ2v) is 6.67. The molecule has 0 aromatic rings. The lowest BCUT2D eigenvalue weighted by Gasteiger charge is -2.29. The molecular weight excluding hydrogens is 334 g/mol. The zero-order valence-corrected chi connectivity index (χ0v) is 16.0. The van der Waals surface area contributed by atoms with Crippen LogP contribution in [0.5, 0.6) is 0 Å². The minimum atomic E-state index is -0.753. The highest BCUT2D eigenvalue weighted by molar-refractivity contribution is 6.02. The summed E-state index contributed by atoms with van der Waals surface area (Å²) in [6.07, 6.45) is 7.49. The predicted octanol–water partition coefficient (Wildman–Crippen LogP) is 0.942. The lowest BCUT2D eigenvalue weighted by Crippen LogP contribution is -2.48. The van der Waals surface area contributed by atoms with Crippen LogP contribution in [0.15, 0.2) is 16.4 Å². The third-order valence-corrected chi connectivity index (χ3v) is 4.57. The lowest BCUT2D eigenvalue weighted by atomic mass is 9.84. The molecule has 8 heteroatoms. The van der Waals surface area contributed by atoms with Gasteiger partial charge in [0.05, 0.1) is 12.7 Å². The van der Waals surface area contributed by atoms with E-state index in [4.69, 9.17) is 5.73 Å². The van der Waals surface area contributed by atoms with Crippen molar-refractivity contribution in [1.29, 1.82) is 0 Å². The van der Waals surface area contributed by atoms with Gasteiger partial charge in [0.2, 0.25) is 5.76 Å².